The fourth-order valence-corrected chi connectivity index (χ4v) is 2.22. The second-order valence-electron chi connectivity index (χ2n) is 5.02. The zero-order chi connectivity index (χ0) is 14.7. The maximum absolute atomic E-state index is 11.7. The Hall–Kier alpha value is -1.10. The molecule has 5 heteroatoms. The highest BCUT2D eigenvalue weighted by Crippen LogP contribution is 2.16. The molecule has 0 bridgehead atoms. The summed E-state index contributed by atoms with van der Waals surface area (Å²) in [5, 5.41) is 11.6. The van der Waals surface area contributed by atoms with Gasteiger partial charge in [0.05, 0.1) is 0 Å². The average molecular weight is 272 g/mol. The molecule has 2 atom stereocenters. The van der Waals surface area contributed by atoms with E-state index in [0.29, 0.717) is 25.3 Å². The van der Waals surface area contributed by atoms with Crippen molar-refractivity contribution in [2.45, 2.75) is 64.8 Å². The maximum Gasteiger partial charge on any atom is 0.326 e. The van der Waals surface area contributed by atoms with E-state index in [9.17, 15) is 9.59 Å². The third-order valence-electron chi connectivity index (χ3n) is 3.26. The lowest BCUT2D eigenvalue weighted by Gasteiger charge is -2.17. The van der Waals surface area contributed by atoms with Gasteiger partial charge in [0.2, 0.25) is 5.91 Å². The van der Waals surface area contributed by atoms with Crippen LogP contribution < -0.4 is 11.1 Å². The van der Waals surface area contributed by atoms with E-state index in [2.05, 4.69) is 12.2 Å². The molecule has 4 N–H and O–H groups in total. The Kier molecular flexibility index (Phi) is 10.2. The molecule has 0 radical (unpaired) electrons. The van der Waals surface area contributed by atoms with Gasteiger partial charge in [-0.2, -0.15) is 0 Å². The first-order chi connectivity index (χ1) is 9.04. The Balaban J connectivity index is 4.10. The van der Waals surface area contributed by atoms with Crippen molar-refractivity contribution in [2.24, 2.45) is 11.7 Å². The van der Waals surface area contributed by atoms with E-state index in [1.165, 1.54) is 0 Å². The van der Waals surface area contributed by atoms with Crippen molar-refractivity contribution in [3.8, 4) is 0 Å². The number of hydrogen-bond acceptors (Lipinski definition) is 3. The summed E-state index contributed by atoms with van der Waals surface area (Å²) in [5.74, 6) is -0.656. The number of carboxylic acids is 1. The normalized spacial score (nSPS) is 13.8. The molecular weight excluding hydrogens is 244 g/mol. The smallest absolute Gasteiger partial charge is 0.326 e. The lowest BCUT2D eigenvalue weighted by atomic mass is 9.94. The molecule has 0 aliphatic rings. The predicted octanol–water partition coefficient (Wildman–Crippen LogP) is 1.90. The monoisotopic (exact) mass is 272 g/mol. The van der Waals surface area contributed by atoms with E-state index in [4.69, 9.17) is 10.8 Å². The molecule has 0 heterocycles. The Morgan fingerprint density at radius 3 is 2.21 bits per heavy atom. The van der Waals surface area contributed by atoms with Crippen molar-refractivity contribution in [3.05, 3.63) is 0 Å². The Bertz CT molecular complexity index is 263. The highest BCUT2D eigenvalue weighted by atomic mass is 16.4. The SMILES string of the molecule is CCCC(CCN)CCC(=O)N[C@H](CCC)C(=O)O. The number of nitrogens with one attached hydrogen (secondary N) is 1. The molecule has 0 spiro atoms. The number of nitrogens with two attached hydrogens (primary N) is 1. The van der Waals surface area contributed by atoms with Crippen LogP contribution in [0.2, 0.25) is 0 Å². The van der Waals surface area contributed by atoms with Crippen molar-refractivity contribution < 1.29 is 14.7 Å². The quantitative estimate of drug-likeness (QED) is 0.535. The van der Waals surface area contributed by atoms with Crippen LogP contribution in [0.15, 0.2) is 0 Å². The Labute approximate surface area is 115 Å². The number of carboxylic acid groups (broad SMARTS) is 1. The van der Waals surface area contributed by atoms with Gasteiger partial charge in [-0.3, -0.25) is 4.79 Å². The van der Waals surface area contributed by atoms with Gasteiger partial charge in [-0.15, -0.1) is 0 Å². The van der Waals surface area contributed by atoms with E-state index in [1.807, 2.05) is 6.92 Å². The summed E-state index contributed by atoms with van der Waals surface area (Å²) in [5.41, 5.74) is 5.55. The van der Waals surface area contributed by atoms with Crippen LogP contribution in [0.25, 0.3) is 0 Å². The molecule has 0 saturated carbocycles. The van der Waals surface area contributed by atoms with E-state index in [-0.39, 0.29) is 5.91 Å². The fourth-order valence-electron chi connectivity index (χ4n) is 2.22. The Morgan fingerprint density at radius 2 is 1.74 bits per heavy atom. The minimum absolute atomic E-state index is 0.168. The second-order valence-corrected chi connectivity index (χ2v) is 5.02. The summed E-state index contributed by atoms with van der Waals surface area (Å²) in [6.07, 6.45) is 5.47. The van der Waals surface area contributed by atoms with Gasteiger partial charge in [0, 0.05) is 6.42 Å². The molecule has 1 unspecified atom stereocenters. The first kappa shape index (κ1) is 17.9. The largest absolute Gasteiger partial charge is 0.480 e. The summed E-state index contributed by atoms with van der Waals surface area (Å²) >= 11 is 0. The Morgan fingerprint density at radius 1 is 1.11 bits per heavy atom. The predicted molar refractivity (Wildman–Crippen MR) is 75.8 cm³/mol. The summed E-state index contributed by atoms with van der Waals surface area (Å²) in [7, 11) is 0. The van der Waals surface area contributed by atoms with Gasteiger partial charge in [-0.1, -0.05) is 33.1 Å². The van der Waals surface area contributed by atoms with Gasteiger partial charge in [0.1, 0.15) is 6.04 Å². The minimum Gasteiger partial charge on any atom is -0.480 e. The molecule has 0 aromatic heterocycles. The average Bonchev–Trinajstić information content (AvgIpc) is 2.36. The van der Waals surface area contributed by atoms with Crippen LogP contribution in [0.5, 0.6) is 0 Å². The molecule has 0 aliphatic carbocycles. The van der Waals surface area contributed by atoms with Crippen molar-refractivity contribution in [1.29, 1.82) is 0 Å². The lowest BCUT2D eigenvalue weighted by Crippen LogP contribution is -2.40. The van der Waals surface area contributed by atoms with E-state index in [0.717, 1.165) is 32.1 Å². The summed E-state index contributed by atoms with van der Waals surface area (Å²) in [4.78, 5) is 22.7. The van der Waals surface area contributed by atoms with Crippen molar-refractivity contribution >= 4 is 11.9 Å². The minimum atomic E-state index is -0.956. The summed E-state index contributed by atoms with van der Waals surface area (Å²) in [6.45, 7) is 4.66. The second kappa shape index (κ2) is 10.8. The number of amides is 1. The number of carbonyl (C=O) groups excluding carboxylic acids is 1. The van der Waals surface area contributed by atoms with Crippen molar-refractivity contribution in [1.82, 2.24) is 5.32 Å². The molecule has 0 aromatic rings. The van der Waals surface area contributed by atoms with Crippen LogP contribution in [0.3, 0.4) is 0 Å². The van der Waals surface area contributed by atoms with E-state index < -0.39 is 12.0 Å². The van der Waals surface area contributed by atoms with Crippen LogP contribution in [0.4, 0.5) is 0 Å². The van der Waals surface area contributed by atoms with Crippen LogP contribution >= 0.6 is 0 Å². The van der Waals surface area contributed by atoms with Crippen LogP contribution in [-0.4, -0.2) is 29.6 Å². The van der Waals surface area contributed by atoms with Gasteiger partial charge in [-0.05, 0) is 31.7 Å². The molecule has 5 nitrogen and oxygen atoms in total. The van der Waals surface area contributed by atoms with Crippen LogP contribution in [0, 0.1) is 5.92 Å². The number of hydrogen-bond donors (Lipinski definition) is 3. The first-order valence-electron chi connectivity index (χ1n) is 7.27. The maximum atomic E-state index is 11.7. The van der Waals surface area contributed by atoms with Gasteiger partial charge < -0.3 is 16.2 Å². The molecule has 0 aromatic carbocycles. The van der Waals surface area contributed by atoms with Gasteiger partial charge in [0.25, 0.3) is 0 Å². The van der Waals surface area contributed by atoms with E-state index in [1.54, 1.807) is 0 Å². The van der Waals surface area contributed by atoms with Gasteiger partial charge in [-0.25, -0.2) is 4.79 Å². The zero-order valence-corrected chi connectivity index (χ0v) is 12.2. The highest BCUT2D eigenvalue weighted by Gasteiger charge is 2.19. The molecular formula is C14H28N2O3. The molecule has 0 rings (SSSR count). The summed E-state index contributed by atoms with van der Waals surface area (Å²) < 4.78 is 0. The highest BCUT2D eigenvalue weighted by molar-refractivity contribution is 5.83. The standard InChI is InChI=1S/C14H28N2O3/c1-3-5-11(9-10-15)7-8-13(17)16-12(6-4-2)14(18)19/h11-12H,3-10,15H2,1-2H3,(H,16,17)(H,18,19)/t11?,12-/m1/s1. The molecule has 1 amide bonds. The molecule has 112 valence electrons. The third kappa shape index (κ3) is 8.59. The zero-order valence-electron chi connectivity index (χ0n) is 12.2. The molecule has 19 heavy (non-hydrogen) atoms. The van der Waals surface area contributed by atoms with Crippen molar-refractivity contribution in [3.63, 3.8) is 0 Å². The fraction of sp³-hybridized carbons (Fsp3) is 0.857. The summed E-state index contributed by atoms with van der Waals surface area (Å²) in [6, 6.07) is -0.753. The first-order valence-corrected chi connectivity index (χ1v) is 7.27. The lowest BCUT2D eigenvalue weighted by molar-refractivity contribution is -0.142. The van der Waals surface area contributed by atoms with E-state index >= 15 is 0 Å². The third-order valence-corrected chi connectivity index (χ3v) is 3.26. The van der Waals surface area contributed by atoms with Crippen LogP contribution in [-0.2, 0) is 9.59 Å². The molecule has 0 aliphatic heterocycles. The number of rotatable bonds is 11. The topological polar surface area (TPSA) is 92.4 Å². The number of aliphatic carboxylic acids is 1. The molecule has 0 saturated heterocycles. The van der Waals surface area contributed by atoms with Gasteiger partial charge >= 0.3 is 5.97 Å². The number of carbonyl (C=O) groups is 2. The molecule has 0 fully saturated rings. The van der Waals surface area contributed by atoms with Crippen molar-refractivity contribution in [2.75, 3.05) is 6.54 Å². The van der Waals surface area contributed by atoms with Gasteiger partial charge in [0.15, 0.2) is 0 Å². The van der Waals surface area contributed by atoms with Crippen LogP contribution in [0.1, 0.15) is 58.8 Å².